The van der Waals surface area contributed by atoms with Crippen LogP contribution in [0.5, 0.6) is 0 Å². The number of piperazine rings is 1. The molecule has 2 N–H and O–H groups in total. The Morgan fingerprint density at radius 3 is 2.38 bits per heavy atom. The highest BCUT2D eigenvalue weighted by Crippen LogP contribution is 2.31. The lowest BCUT2D eigenvalue weighted by Gasteiger charge is -2.34. The van der Waals surface area contributed by atoms with Crippen LogP contribution in [-0.4, -0.2) is 57.8 Å². The first-order valence-electron chi connectivity index (χ1n) is 6.61. The van der Waals surface area contributed by atoms with Crippen LogP contribution < -0.4 is 5.73 Å². The molecule has 3 heterocycles. The highest BCUT2D eigenvalue weighted by atomic mass is 32.1. The minimum atomic E-state index is -0.111. The fourth-order valence-electron chi connectivity index (χ4n) is 2.37. The molecule has 0 spiro atoms. The summed E-state index contributed by atoms with van der Waals surface area (Å²) in [7, 11) is 0. The zero-order chi connectivity index (χ0) is 15.0. The van der Waals surface area contributed by atoms with Crippen molar-refractivity contribution >= 4 is 39.2 Å². The van der Waals surface area contributed by atoms with Crippen LogP contribution in [0.25, 0.3) is 10.3 Å². The van der Waals surface area contributed by atoms with Gasteiger partial charge in [0.2, 0.25) is 5.91 Å². The minimum absolute atomic E-state index is 0.0388. The molecule has 8 heteroatoms. The molecule has 1 saturated heterocycles. The van der Waals surface area contributed by atoms with Gasteiger partial charge >= 0.3 is 0 Å². The fourth-order valence-corrected chi connectivity index (χ4v) is 3.36. The van der Waals surface area contributed by atoms with E-state index in [0.717, 1.165) is 0 Å². The van der Waals surface area contributed by atoms with Gasteiger partial charge in [-0.15, -0.1) is 11.3 Å². The number of anilines is 1. The van der Waals surface area contributed by atoms with Gasteiger partial charge in [0, 0.05) is 45.5 Å². The number of aromatic nitrogens is 2. The summed E-state index contributed by atoms with van der Waals surface area (Å²) >= 11 is 1.26. The van der Waals surface area contributed by atoms with Crippen molar-refractivity contribution in [2.45, 2.75) is 6.92 Å². The van der Waals surface area contributed by atoms with E-state index in [2.05, 4.69) is 9.97 Å². The van der Waals surface area contributed by atoms with E-state index in [1.54, 1.807) is 29.1 Å². The molecule has 1 fully saturated rings. The Kier molecular flexibility index (Phi) is 3.46. The molecule has 3 rings (SSSR count). The third-order valence-electron chi connectivity index (χ3n) is 3.57. The minimum Gasteiger partial charge on any atom is -0.396 e. The SMILES string of the molecule is CC(=O)N1CCN(C(=O)c2sc3nccnc3c2N)CC1. The van der Waals surface area contributed by atoms with Gasteiger partial charge in [-0.1, -0.05) is 0 Å². The Morgan fingerprint density at radius 1 is 1.14 bits per heavy atom. The van der Waals surface area contributed by atoms with Crippen LogP contribution in [0.3, 0.4) is 0 Å². The molecule has 0 radical (unpaired) electrons. The standard InChI is InChI=1S/C13H15N5O2S/c1-8(19)17-4-6-18(7-5-17)13(20)11-9(14)10-12(21-11)16-3-2-15-10/h2-3H,4-7,14H2,1H3. The van der Waals surface area contributed by atoms with Gasteiger partial charge in [-0.2, -0.15) is 0 Å². The van der Waals surface area contributed by atoms with Gasteiger partial charge in [-0.3, -0.25) is 9.59 Å². The Hall–Kier alpha value is -2.22. The Bertz CT molecular complexity index is 706. The largest absolute Gasteiger partial charge is 0.396 e. The molecule has 2 amide bonds. The van der Waals surface area contributed by atoms with Crippen molar-refractivity contribution in [3.8, 4) is 0 Å². The van der Waals surface area contributed by atoms with Crippen molar-refractivity contribution in [2.75, 3.05) is 31.9 Å². The zero-order valence-electron chi connectivity index (χ0n) is 11.6. The lowest BCUT2D eigenvalue weighted by molar-refractivity contribution is -0.130. The van der Waals surface area contributed by atoms with Crippen molar-refractivity contribution in [3.63, 3.8) is 0 Å². The van der Waals surface area contributed by atoms with Crippen molar-refractivity contribution < 1.29 is 9.59 Å². The van der Waals surface area contributed by atoms with Gasteiger partial charge in [0.25, 0.3) is 5.91 Å². The summed E-state index contributed by atoms with van der Waals surface area (Å²) in [5.41, 5.74) is 6.99. The summed E-state index contributed by atoms with van der Waals surface area (Å²) in [6.07, 6.45) is 3.14. The average Bonchev–Trinajstić information content (AvgIpc) is 2.84. The number of hydrogen-bond acceptors (Lipinski definition) is 6. The maximum atomic E-state index is 12.6. The number of nitrogens with two attached hydrogens (primary N) is 1. The number of rotatable bonds is 1. The van der Waals surface area contributed by atoms with Gasteiger partial charge in [0.15, 0.2) is 0 Å². The second-order valence-corrected chi connectivity index (χ2v) is 5.85. The molecule has 21 heavy (non-hydrogen) atoms. The first kappa shape index (κ1) is 13.7. The molecule has 0 aliphatic carbocycles. The van der Waals surface area contributed by atoms with Crippen LogP contribution in [0.2, 0.25) is 0 Å². The normalized spacial score (nSPS) is 15.5. The first-order valence-corrected chi connectivity index (χ1v) is 7.43. The molecule has 1 aliphatic heterocycles. The van der Waals surface area contributed by atoms with Crippen LogP contribution in [0.15, 0.2) is 12.4 Å². The second kappa shape index (κ2) is 5.28. The van der Waals surface area contributed by atoms with E-state index in [0.29, 0.717) is 47.1 Å². The Labute approximate surface area is 125 Å². The maximum Gasteiger partial charge on any atom is 0.266 e. The van der Waals surface area contributed by atoms with Crippen molar-refractivity contribution in [2.24, 2.45) is 0 Å². The molecule has 0 aromatic carbocycles. The monoisotopic (exact) mass is 305 g/mol. The average molecular weight is 305 g/mol. The topological polar surface area (TPSA) is 92.4 Å². The van der Waals surface area contributed by atoms with E-state index < -0.39 is 0 Å². The molecule has 7 nitrogen and oxygen atoms in total. The van der Waals surface area contributed by atoms with Gasteiger partial charge in [0.1, 0.15) is 15.2 Å². The van der Waals surface area contributed by atoms with Crippen LogP contribution >= 0.6 is 11.3 Å². The zero-order valence-corrected chi connectivity index (χ0v) is 12.4. The van der Waals surface area contributed by atoms with Gasteiger partial charge < -0.3 is 15.5 Å². The van der Waals surface area contributed by atoms with E-state index in [1.807, 2.05) is 0 Å². The van der Waals surface area contributed by atoms with Gasteiger partial charge in [-0.05, 0) is 0 Å². The number of carbonyl (C=O) groups is 2. The molecule has 110 valence electrons. The van der Waals surface area contributed by atoms with E-state index in [4.69, 9.17) is 5.73 Å². The third kappa shape index (κ3) is 2.42. The van der Waals surface area contributed by atoms with E-state index in [-0.39, 0.29) is 11.8 Å². The number of nitrogen functional groups attached to an aromatic ring is 1. The van der Waals surface area contributed by atoms with Crippen molar-refractivity contribution in [1.82, 2.24) is 19.8 Å². The van der Waals surface area contributed by atoms with Crippen molar-refractivity contribution in [3.05, 3.63) is 17.3 Å². The smallest absolute Gasteiger partial charge is 0.266 e. The molecular formula is C13H15N5O2S. The van der Waals surface area contributed by atoms with Crippen LogP contribution in [0, 0.1) is 0 Å². The van der Waals surface area contributed by atoms with Crippen LogP contribution in [0.4, 0.5) is 5.69 Å². The molecule has 1 aliphatic rings. The first-order chi connectivity index (χ1) is 10.1. The molecular weight excluding hydrogens is 290 g/mol. The van der Waals surface area contributed by atoms with Crippen LogP contribution in [-0.2, 0) is 4.79 Å². The number of fused-ring (bicyclic) bond motifs is 1. The fraction of sp³-hybridized carbons (Fsp3) is 0.385. The van der Waals surface area contributed by atoms with Crippen LogP contribution in [0.1, 0.15) is 16.6 Å². The molecule has 0 unspecified atom stereocenters. The molecule has 0 bridgehead atoms. The van der Waals surface area contributed by atoms with Crippen molar-refractivity contribution in [1.29, 1.82) is 0 Å². The Morgan fingerprint density at radius 2 is 1.76 bits per heavy atom. The number of amides is 2. The quantitative estimate of drug-likeness (QED) is 0.832. The number of thiophene rings is 1. The van der Waals surface area contributed by atoms with E-state index in [1.165, 1.54) is 11.3 Å². The van der Waals surface area contributed by atoms with E-state index in [9.17, 15) is 9.59 Å². The third-order valence-corrected chi connectivity index (χ3v) is 4.66. The number of carbonyl (C=O) groups excluding carboxylic acids is 2. The summed E-state index contributed by atoms with van der Waals surface area (Å²) in [6.45, 7) is 3.70. The van der Waals surface area contributed by atoms with E-state index >= 15 is 0 Å². The predicted octanol–water partition coefficient (Wildman–Crippen LogP) is 0.578. The summed E-state index contributed by atoms with van der Waals surface area (Å²) < 4.78 is 0. The highest BCUT2D eigenvalue weighted by molar-refractivity contribution is 7.21. The lowest BCUT2D eigenvalue weighted by atomic mass is 10.2. The highest BCUT2D eigenvalue weighted by Gasteiger charge is 2.26. The van der Waals surface area contributed by atoms with Gasteiger partial charge in [0.05, 0.1) is 5.69 Å². The maximum absolute atomic E-state index is 12.6. The summed E-state index contributed by atoms with van der Waals surface area (Å²) in [6, 6.07) is 0. The second-order valence-electron chi connectivity index (χ2n) is 4.85. The molecule has 0 atom stereocenters. The predicted molar refractivity (Wildman–Crippen MR) is 80.0 cm³/mol. The molecule has 0 saturated carbocycles. The summed E-state index contributed by atoms with van der Waals surface area (Å²) in [5, 5.41) is 0. The molecule has 2 aromatic heterocycles. The van der Waals surface area contributed by atoms with Gasteiger partial charge in [-0.25, -0.2) is 9.97 Å². The lowest BCUT2D eigenvalue weighted by Crippen LogP contribution is -2.50. The summed E-state index contributed by atoms with van der Waals surface area (Å²) in [4.78, 5) is 36.8. The number of hydrogen-bond donors (Lipinski definition) is 1. The summed E-state index contributed by atoms with van der Waals surface area (Å²) in [5.74, 6) is -0.0719. The number of nitrogens with zero attached hydrogens (tertiary/aromatic N) is 4. The molecule has 2 aromatic rings. The Balaban J connectivity index is 1.82.